The minimum absolute atomic E-state index is 0.246. The van der Waals surface area contributed by atoms with Gasteiger partial charge in [-0.05, 0) is 42.0 Å². The van der Waals surface area contributed by atoms with Gasteiger partial charge >= 0.3 is 0 Å². The van der Waals surface area contributed by atoms with Crippen LogP contribution in [0.2, 0.25) is 0 Å². The first-order valence-electron chi connectivity index (χ1n) is 7.61. The van der Waals surface area contributed by atoms with Crippen LogP contribution in [0.1, 0.15) is 11.3 Å². The molecule has 0 amide bonds. The van der Waals surface area contributed by atoms with Crippen LogP contribution in [0.15, 0.2) is 53.3 Å². The van der Waals surface area contributed by atoms with Crippen LogP contribution in [0, 0.1) is 4.77 Å². The van der Waals surface area contributed by atoms with E-state index < -0.39 is 0 Å². The fourth-order valence-corrected chi connectivity index (χ4v) is 2.78. The Balaban J connectivity index is 2.02. The molecule has 1 aromatic heterocycles. The summed E-state index contributed by atoms with van der Waals surface area (Å²) in [6, 6.07) is 14.7. The van der Waals surface area contributed by atoms with Crippen molar-refractivity contribution in [2.75, 3.05) is 14.2 Å². The molecular weight excluding hydrogens is 338 g/mol. The Morgan fingerprint density at radius 3 is 2.48 bits per heavy atom. The van der Waals surface area contributed by atoms with Gasteiger partial charge in [-0.3, -0.25) is 14.5 Å². The monoisotopic (exact) mass is 355 g/mol. The normalized spacial score (nSPS) is 10.5. The van der Waals surface area contributed by atoms with E-state index in [2.05, 4.69) is 10.2 Å². The fourth-order valence-electron chi connectivity index (χ4n) is 2.55. The quantitative estimate of drug-likeness (QED) is 0.713. The van der Waals surface area contributed by atoms with E-state index in [4.69, 9.17) is 21.7 Å². The summed E-state index contributed by atoms with van der Waals surface area (Å²) in [6.07, 6.45) is 0.345. The molecule has 3 rings (SSSR count). The highest BCUT2D eigenvalue weighted by molar-refractivity contribution is 7.71. The van der Waals surface area contributed by atoms with Gasteiger partial charge in [-0.25, -0.2) is 0 Å². The van der Waals surface area contributed by atoms with Crippen molar-refractivity contribution < 1.29 is 9.47 Å². The molecule has 7 heteroatoms. The first kappa shape index (κ1) is 16.9. The summed E-state index contributed by atoms with van der Waals surface area (Å²) in [6.45, 7) is 0. The zero-order valence-corrected chi connectivity index (χ0v) is 14.7. The number of benzene rings is 2. The van der Waals surface area contributed by atoms with Crippen molar-refractivity contribution in [1.82, 2.24) is 14.8 Å². The Hall–Kier alpha value is -2.93. The molecule has 0 spiro atoms. The minimum Gasteiger partial charge on any atom is -0.493 e. The third kappa shape index (κ3) is 3.46. The molecule has 0 fully saturated rings. The van der Waals surface area contributed by atoms with Crippen molar-refractivity contribution in [3.05, 3.63) is 74.9 Å². The van der Waals surface area contributed by atoms with Gasteiger partial charge in [0.25, 0.3) is 5.56 Å². The van der Waals surface area contributed by atoms with Crippen LogP contribution >= 0.6 is 12.2 Å². The van der Waals surface area contributed by atoms with Gasteiger partial charge in [0.15, 0.2) is 11.5 Å². The number of aromatic amines is 1. The summed E-state index contributed by atoms with van der Waals surface area (Å²) in [5.41, 5.74) is 1.70. The van der Waals surface area contributed by atoms with Crippen LogP contribution in [0.3, 0.4) is 0 Å². The van der Waals surface area contributed by atoms with Crippen molar-refractivity contribution in [2.45, 2.75) is 6.42 Å². The number of hydrogen-bond acceptors (Lipinski definition) is 5. The van der Waals surface area contributed by atoms with Crippen molar-refractivity contribution in [3.63, 3.8) is 0 Å². The number of rotatable bonds is 5. The Morgan fingerprint density at radius 1 is 1.08 bits per heavy atom. The number of H-pyrrole nitrogens is 1. The van der Waals surface area contributed by atoms with Gasteiger partial charge < -0.3 is 9.47 Å². The van der Waals surface area contributed by atoms with Gasteiger partial charge in [0, 0.05) is 6.42 Å². The first-order valence-corrected chi connectivity index (χ1v) is 8.02. The number of para-hydroxylation sites is 1. The second-order valence-electron chi connectivity index (χ2n) is 5.32. The van der Waals surface area contributed by atoms with Crippen molar-refractivity contribution >= 4 is 12.2 Å². The molecule has 128 valence electrons. The van der Waals surface area contributed by atoms with E-state index in [1.807, 2.05) is 42.5 Å². The average Bonchev–Trinajstić information content (AvgIpc) is 2.65. The number of methoxy groups -OCH3 is 2. The van der Waals surface area contributed by atoms with Crippen LogP contribution in [-0.4, -0.2) is 29.0 Å². The molecule has 2 aromatic carbocycles. The number of nitrogens with zero attached hydrogens (tertiary/aromatic N) is 2. The molecule has 0 aliphatic heterocycles. The third-order valence-corrected chi connectivity index (χ3v) is 4.05. The zero-order chi connectivity index (χ0) is 17.8. The van der Waals surface area contributed by atoms with E-state index >= 15 is 0 Å². The SMILES string of the molecule is COc1ccc(Cc2n[nH]c(=S)n(-c3ccccc3)c2=O)cc1OC. The third-order valence-electron chi connectivity index (χ3n) is 3.77. The highest BCUT2D eigenvalue weighted by Crippen LogP contribution is 2.28. The Bertz CT molecular complexity index is 996. The van der Waals surface area contributed by atoms with Crippen LogP contribution < -0.4 is 15.0 Å². The summed E-state index contributed by atoms with van der Waals surface area (Å²) in [4.78, 5) is 12.8. The van der Waals surface area contributed by atoms with Gasteiger partial charge in [0.1, 0.15) is 5.69 Å². The van der Waals surface area contributed by atoms with Crippen molar-refractivity contribution in [2.24, 2.45) is 0 Å². The molecule has 25 heavy (non-hydrogen) atoms. The summed E-state index contributed by atoms with van der Waals surface area (Å²) < 4.78 is 12.2. The van der Waals surface area contributed by atoms with Gasteiger partial charge in [0.2, 0.25) is 4.77 Å². The Morgan fingerprint density at radius 2 is 1.80 bits per heavy atom. The van der Waals surface area contributed by atoms with E-state index in [9.17, 15) is 4.79 Å². The molecular formula is C18H17N3O3S. The minimum atomic E-state index is -0.246. The molecule has 1 heterocycles. The highest BCUT2D eigenvalue weighted by atomic mass is 32.1. The molecule has 0 aliphatic carbocycles. The van der Waals surface area contributed by atoms with E-state index in [1.54, 1.807) is 20.3 Å². The van der Waals surface area contributed by atoms with Crippen LogP contribution in [0.5, 0.6) is 11.5 Å². The maximum absolute atomic E-state index is 12.8. The second kappa shape index (κ2) is 7.31. The summed E-state index contributed by atoms with van der Waals surface area (Å²) in [7, 11) is 3.15. The number of hydrogen-bond donors (Lipinski definition) is 1. The molecule has 0 radical (unpaired) electrons. The lowest BCUT2D eigenvalue weighted by Crippen LogP contribution is -2.26. The highest BCUT2D eigenvalue weighted by Gasteiger charge is 2.12. The van der Waals surface area contributed by atoms with Gasteiger partial charge in [-0.15, -0.1) is 0 Å². The van der Waals surface area contributed by atoms with Gasteiger partial charge in [-0.1, -0.05) is 24.3 Å². The zero-order valence-electron chi connectivity index (χ0n) is 13.9. The Kier molecular flexibility index (Phi) is 4.95. The molecule has 6 nitrogen and oxygen atoms in total. The van der Waals surface area contributed by atoms with Crippen molar-refractivity contribution in [1.29, 1.82) is 0 Å². The molecule has 0 saturated carbocycles. The maximum Gasteiger partial charge on any atom is 0.281 e. The molecule has 0 saturated heterocycles. The topological polar surface area (TPSA) is 69.1 Å². The molecule has 0 bridgehead atoms. The lowest BCUT2D eigenvalue weighted by molar-refractivity contribution is 0.354. The summed E-state index contributed by atoms with van der Waals surface area (Å²) in [5.74, 6) is 1.24. The molecule has 0 aliphatic rings. The largest absolute Gasteiger partial charge is 0.493 e. The first-order chi connectivity index (χ1) is 12.1. The number of nitrogens with one attached hydrogen (secondary N) is 1. The van der Waals surface area contributed by atoms with E-state index in [0.717, 1.165) is 5.56 Å². The smallest absolute Gasteiger partial charge is 0.281 e. The van der Waals surface area contributed by atoms with Crippen molar-refractivity contribution in [3.8, 4) is 17.2 Å². The summed E-state index contributed by atoms with van der Waals surface area (Å²) in [5, 5.41) is 6.87. The predicted molar refractivity (Wildman–Crippen MR) is 97.4 cm³/mol. The van der Waals surface area contributed by atoms with E-state index in [-0.39, 0.29) is 10.3 Å². The summed E-state index contributed by atoms with van der Waals surface area (Å²) >= 11 is 5.23. The van der Waals surface area contributed by atoms with Crippen LogP contribution in [-0.2, 0) is 6.42 Å². The Labute approximate surface area is 149 Å². The maximum atomic E-state index is 12.8. The average molecular weight is 355 g/mol. The number of ether oxygens (including phenoxy) is 2. The fraction of sp³-hybridized carbons (Fsp3) is 0.167. The standard InChI is InChI=1S/C18H17N3O3S/c1-23-15-9-8-12(11-16(15)24-2)10-14-17(22)21(18(25)20-19-14)13-6-4-3-5-7-13/h3-9,11H,10H2,1-2H3,(H,20,25). The lowest BCUT2D eigenvalue weighted by Gasteiger charge is -2.10. The van der Waals surface area contributed by atoms with Crippen LogP contribution in [0.4, 0.5) is 0 Å². The molecule has 0 unspecified atom stereocenters. The van der Waals surface area contributed by atoms with E-state index in [0.29, 0.717) is 29.3 Å². The molecule has 0 atom stereocenters. The van der Waals surface area contributed by atoms with Gasteiger partial charge in [0.05, 0.1) is 19.9 Å². The number of aromatic nitrogens is 3. The molecule has 1 N–H and O–H groups in total. The van der Waals surface area contributed by atoms with E-state index in [1.165, 1.54) is 4.57 Å². The second-order valence-corrected chi connectivity index (χ2v) is 5.70. The lowest BCUT2D eigenvalue weighted by atomic mass is 10.1. The molecule has 3 aromatic rings. The van der Waals surface area contributed by atoms with Gasteiger partial charge in [-0.2, -0.15) is 5.10 Å². The predicted octanol–water partition coefficient (Wildman–Crippen LogP) is 2.90. The van der Waals surface area contributed by atoms with Crippen LogP contribution in [0.25, 0.3) is 5.69 Å².